The number of carbonyl (C=O) groups is 1. The fourth-order valence-corrected chi connectivity index (χ4v) is 4.01. The Labute approximate surface area is 165 Å². The Hall–Kier alpha value is -2.89. The quantitative estimate of drug-likeness (QED) is 0.721. The number of nitrogens with zero attached hydrogens (tertiary/aromatic N) is 3. The lowest BCUT2D eigenvalue weighted by molar-refractivity contribution is 0.136. The third-order valence-electron chi connectivity index (χ3n) is 5.64. The van der Waals surface area contributed by atoms with E-state index in [0.717, 1.165) is 48.3 Å². The number of nitrogens with one attached hydrogen (secondary N) is 1. The number of hydrogen-bond donors (Lipinski definition) is 1. The molecule has 6 heteroatoms. The molecule has 0 saturated heterocycles. The number of imidazole rings is 1. The van der Waals surface area contributed by atoms with Crippen LogP contribution in [0.3, 0.4) is 0 Å². The molecule has 1 amide bonds. The normalized spacial score (nSPS) is 19.5. The van der Waals surface area contributed by atoms with Crippen LogP contribution in [0.5, 0.6) is 0 Å². The first kappa shape index (κ1) is 18.5. The number of benzene rings is 1. The van der Waals surface area contributed by atoms with Crippen molar-refractivity contribution in [3.63, 3.8) is 0 Å². The molecule has 1 aromatic carbocycles. The first-order valence-electron chi connectivity index (χ1n) is 9.94. The van der Waals surface area contributed by atoms with E-state index < -0.39 is 0 Å². The van der Waals surface area contributed by atoms with Crippen LogP contribution >= 0.6 is 0 Å². The largest absolute Gasteiger partial charge is 0.445 e. The maximum absolute atomic E-state index is 11.9. The van der Waals surface area contributed by atoms with Crippen molar-refractivity contribution in [1.82, 2.24) is 19.7 Å². The third-order valence-corrected chi connectivity index (χ3v) is 5.64. The molecule has 2 heterocycles. The van der Waals surface area contributed by atoms with Crippen LogP contribution in [-0.2, 0) is 11.3 Å². The summed E-state index contributed by atoms with van der Waals surface area (Å²) in [6.07, 6.45) is 9.77. The van der Waals surface area contributed by atoms with E-state index in [9.17, 15) is 4.79 Å². The predicted octanol–water partition coefficient (Wildman–Crippen LogP) is 4.24. The second-order valence-electron chi connectivity index (χ2n) is 7.54. The van der Waals surface area contributed by atoms with Gasteiger partial charge in [0.15, 0.2) is 0 Å². The van der Waals surface area contributed by atoms with Gasteiger partial charge in [-0.25, -0.2) is 9.78 Å². The lowest BCUT2D eigenvalue weighted by atomic mass is 9.81. The standard InChI is InChI=1S/C22H26N4O2/c1-16-20-14-24-21(26(20)12-11-23-16)19-9-7-17(8-10-19)13-25-22(27)28-15-18-5-3-2-4-6-18/h2-6,11-12,14,17,19H,7-10,13,15H2,1H3,(H,25,27). The van der Waals surface area contributed by atoms with Gasteiger partial charge in [0.05, 0.1) is 17.4 Å². The van der Waals surface area contributed by atoms with Gasteiger partial charge in [-0.1, -0.05) is 30.3 Å². The van der Waals surface area contributed by atoms with Crippen molar-refractivity contribution in [2.75, 3.05) is 6.54 Å². The molecular formula is C22H26N4O2. The second-order valence-corrected chi connectivity index (χ2v) is 7.54. The molecule has 4 rings (SSSR count). The molecule has 146 valence electrons. The van der Waals surface area contributed by atoms with Crippen molar-refractivity contribution in [2.45, 2.75) is 45.1 Å². The van der Waals surface area contributed by atoms with Crippen molar-refractivity contribution in [1.29, 1.82) is 0 Å². The molecule has 1 aliphatic rings. The Kier molecular flexibility index (Phi) is 5.55. The van der Waals surface area contributed by atoms with Gasteiger partial charge in [0.1, 0.15) is 12.4 Å². The summed E-state index contributed by atoms with van der Waals surface area (Å²) in [4.78, 5) is 20.9. The Morgan fingerprint density at radius 1 is 1.18 bits per heavy atom. The van der Waals surface area contributed by atoms with Crippen molar-refractivity contribution >= 4 is 11.6 Å². The molecule has 0 bridgehead atoms. The lowest BCUT2D eigenvalue weighted by Gasteiger charge is -2.27. The Morgan fingerprint density at radius 3 is 2.75 bits per heavy atom. The van der Waals surface area contributed by atoms with Gasteiger partial charge >= 0.3 is 6.09 Å². The molecule has 1 fully saturated rings. The molecule has 0 radical (unpaired) electrons. The maximum Gasteiger partial charge on any atom is 0.407 e. The number of fused-ring (bicyclic) bond motifs is 1. The van der Waals surface area contributed by atoms with Crippen molar-refractivity contribution in [3.8, 4) is 0 Å². The molecule has 1 saturated carbocycles. The van der Waals surface area contributed by atoms with Crippen molar-refractivity contribution < 1.29 is 9.53 Å². The van der Waals surface area contributed by atoms with Crippen LogP contribution in [0.15, 0.2) is 48.9 Å². The second kappa shape index (κ2) is 8.42. The Morgan fingerprint density at radius 2 is 1.96 bits per heavy atom. The highest BCUT2D eigenvalue weighted by Crippen LogP contribution is 2.35. The smallest absolute Gasteiger partial charge is 0.407 e. The number of amides is 1. The van der Waals surface area contributed by atoms with Crippen LogP contribution in [0.2, 0.25) is 0 Å². The van der Waals surface area contributed by atoms with E-state index in [0.29, 0.717) is 25.0 Å². The molecular weight excluding hydrogens is 352 g/mol. The Balaban J connectivity index is 1.24. The molecule has 3 aromatic rings. The summed E-state index contributed by atoms with van der Waals surface area (Å²) in [6, 6.07) is 9.73. The van der Waals surface area contributed by atoms with Gasteiger partial charge in [0.25, 0.3) is 0 Å². The molecule has 1 N–H and O–H groups in total. The molecule has 6 nitrogen and oxygen atoms in total. The number of aryl methyl sites for hydroxylation is 1. The summed E-state index contributed by atoms with van der Waals surface area (Å²) in [6.45, 7) is 2.99. The van der Waals surface area contributed by atoms with E-state index in [4.69, 9.17) is 4.74 Å². The minimum Gasteiger partial charge on any atom is -0.445 e. The molecule has 0 unspecified atom stereocenters. The van der Waals surface area contributed by atoms with E-state index in [-0.39, 0.29) is 6.09 Å². The van der Waals surface area contributed by atoms with Gasteiger partial charge in [0.2, 0.25) is 0 Å². The minimum absolute atomic E-state index is 0.306. The molecule has 0 aliphatic heterocycles. The van der Waals surface area contributed by atoms with E-state index in [1.165, 1.54) is 0 Å². The number of aromatic nitrogens is 3. The first-order chi connectivity index (χ1) is 13.7. The highest BCUT2D eigenvalue weighted by Gasteiger charge is 2.25. The zero-order valence-corrected chi connectivity index (χ0v) is 16.2. The van der Waals surface area contributed by atoms with E-state index >= 15 is 0 Å². The van der Waals surface area contributed by atoms with Gasteiger partial charge in [-0.15, -0.1) is 0 Å². The van der Waals surface area contributed by atoms with Crippen LogP contribution in [0.1, 0.15) is 48.7 Å². The molecule has 2 aromatic heterocycles. The molecule has 1 aliphatic carbocycles. The van der Waals surface area contributed by atoms with E-state index in [1.54, 1.807) is 0 Å². The fraction of sp³-hybridized carbons (Fsp3) is 0.409. The summed E-state index contributed by atoms with van der Waals surface area (Å²) >= 11 is 0. The summed E-state index contributed by atoms with van der Waals surface area (Å²) < 4.78 is 7.46. The summed E-state index contributed by atoms with van der Waals surface area (Å²) in [7, 11) is 0. The lowest BCUT2D eigenvalue weighted by Crippen LogP contribution is -2.31. The van der Waals surface area contributed by atoms with Gasteiger partial charge in [-0.2, -0.15) is 0 Å². The van der Waals surface area contributed by atoms with Crippen LogP contribution in [-0.4, -0.2) is 27.0 Å². The number of alkyl carbamates (subject to hydrolysis) is 1. The highest BCUT2D eigenvalue weighted by atomic mass is 16.5. The van der Waals surface area contributed by atoms with E-state index in [2.05, 4.69) is 19.7 Å². The third kappa shape index (κ3) is 4.16. The van der Waals surface area contributed by atoms with Gasteiger partial charge in [0, 0.05) is 24.9 Å². The van der Waals surface area contributed by atoms with Gasteiger partial charge in [-0.05, 0) is 44.1 Å². The number of carbonyl (C=O) groups excluding carboxylic acids is 1. The number of hydrogen-bond acceptors (Lipinski definition) is 4. The average molecular weight is 378 g/mol. The molecule has 0 atom stereocenters. The molecule has 0 spiro atoms. The average Bonchev–Trinajstić information content (AvgIpc) is 3.17. The van der Waals surface area contributed by atoms with Gasteiger partial charge < -0.3 is 14.5 Å². The predicted molar refractivity (Wildman–Crippen MR) is 107 cm³/mol. The topological polar surface area (TPSA) is 68.5 Å². The minimum atomic E-state index is -0.340. The zero-order valence-electron chi connectivity index (χ0n) is 16.2. The summed E-state index contributed by atoms with van der Waals surface area (Å²) in [5.74, 6) is 2.09. The van der Waals surface area contributed by atoms with Crippen LogP contribution in [0.4, 0.5) is 4.79 Å². The molecule has 28 heavy (non-hydrogen) atoms. The first-order valence-corrected chi connectivity index (χ1v) is 9.94. The van der Waals surface area contributed by atoms with Crippen LogP contribution < -0.4 is 5.32 Å². The Bertz CT molecular complexity index is 930. The summed E-state index contributed by atoms with van der Waals surface area (Å²) in [5, 5.41) is 2.92. The van der Waals surface area contributed by atoms with Crippen molar-refractivity contribution in [3.05, 3.63) is 66.0 Å². The van der Waals surface area contributed by atoms with Crippen LogP contribution in [0, 0.1) is 12.8 Å². The van der Waals surface area contributed by atoms with Gasteiger partial charge in [-0.3, -0.25) is 4.98 Å². The number of rotatable bonds is 5. The van der Waals surface area contributed by atoms with E-state index in [1.807, 2.05) is 55.8 Å². The monoisotopic (exact) mass is 378 g/mol. The fourth-order valence-electron chi connectivity index (χ4n) is 4.01. The van der Waals surface area contributed by atoms with Crippen LogP contribution in [0.25, 0.3) is 5.52 Å². The highest BCUT2D eigenvalue weighted by molar-refractivity contribution is 5.67. The summed E-state index contributed by atoms with van der Waals surface area (Å²) in [5.41, 5.74) is 3.09. The SMILES string of the molecule is Cc1nccn2c(C3CCC(CNC(=O)OCc4ccccc4)CC3)ncc12. The number of ether oxygens (including phenoxy) is 1. The van der Waals surface area contributed by atoms with Crippen molar-refractivity contribution in [2.24, 2.45) is 5.92 Å². The zero-order chi connectivity index (χ0) is 19.3. The maximum atomic E-state index is 11.9.